The summed E-state index contributed by atoms with van der Waals surface area (Å²) in [7, 11) is -2.22. The average molecular weight is 488 g/mol. The molecule has 0 saturated heterocycles. The van der Waals surface area contributed by atoms with Crippen LogP contribution in [0.3, 0.4) is 0 Å². The van der Waals surface area contributed by atoms with Gasteiger partial charge in [0.05, 0.1) is 17.6 Å². The van der Waals surface area contributed by atoms with Gasteiger partial charge < -0.3 is 4.74 Å². The number of halogens is 1. The first-order valence-corrected chi connectivity index (χ1v) is 12.9. The summed E-state index contributed by atoms with van der Waals surface area (Å²) in [5, 5.41) is 0.490. The van der Waals surface area contributed by atoms with Crippen LogP contribution in [0, 0.1) is 0 Å². The predicted molar refractivity (Wildman–Crippen MR) is 133 cm³/mol. The number of fused-ring (bicyclic) bond motifs is 1. The molecule has 0 amide bonds. The lowest BCUT2D eigenvalue weighted by atomic mass is 10.0. The lowest BCUT2D eigenvalue weighted by molar-refractivity contribution is 0.0602. The first kappa shape index (κ1) is 25.2. The Balaban J connectivity index is 1.73. The summed E-state index contributed by atoms with van der Waals surface area (Å²) in [6.07, 6.45) is 2.14. The molecule has 0 aliphatic heterocycles. The van der Waals surface area contributed by atoms with Crippen molar-refractivity contribution in [2.24, 2.45) is 0 Å². The first-order chi connectivity index (χ1) is 15.6. The smallest absolute Gasteiger partial charge is 0.338 e. The molecule has 0 saturated carbocycles. The van der Waals surface area contributed by atoms with Crippen LogP contribution in [0.4, 0.5) is 0 Å². The molecule has 2 aliphatic carbocycles. The van der Waals surface area contributed by atoms with E-state index in [4.69, 9.17) is 16.3 Å². The summed E-state index contributed by atoms with van der Waals surface area (Å²) in [4.78, 5) is 12.5. The molecule has 1 N–H and O–H groups in total. The van der Waals surface area contributed by atoms with Crippen LogP contribution in [0.2, 0.25) is 5.02 Å². The zero-order valence-electron chi connectivity index (χ0n) is 19.4. The SMILES string of the molecule is COC(=O)c1cc(CCCC(C)NS(=O)(=O)c2ccc(Cl)cc2)c2ccc(C(C)C)ccc1-2. The average Bonchev–Trinajstić information content (AvgIpc) is 2.95. The molecule has 0 bridgehead atoms. The lowest BCUT2D eigenvalue weighted by Gasteiger charge is -2.14. The van der Waals surface area contributed by atoms with E-state index in [2.05, 4.69) is 36.8 Å². The molecular weight excluding hydrogens is 458 g/mol. The van der Waals surface area contributed by atoms with Crippen molar-refractivity contribution < 1.29 is 17.9 Å². The zero-order valence-corrected chi connectivity index (χ0v) is 21.0. The van der Waals surface area contributed by atoms with Crippen molar-refractivity contribution in [2.45, 2.75) is 56.9 Å². The fourth-order valence-corrected chi connectivity index (χ4v) is 5.32. The maximum absolute atomic E-state index is 12.6. The van der Waals surface area contributed by atoms with Crippen LogP contribution in [-0.4, -0.2) is 27.5 Å². The van der Waals surface area contributed by atoms with Crippen molar-refractivity contribution in [3.05, 3.63) is 76.3 Å². The van der Waals surface area contributed by atoms with Crippen molar-refractivity contribution >= 4 is 27.6 Å². The van der Waals surface area contributed by atoms with Gasteiger partial charge in [0.15, 0.2) is 0 Å². The molecule has 0 spiro atoms. The fraction of sp³-hybridized carbons (Fsp3) is 0.346. The summed E-state index contributed by atoms with van der Waals surface area (Å²) in [5.74, 6) is 0.0219. The molecule has 1 unspecified atom stereocenters. The van der Waals surface area contributed by atoms with Gasteiger partial charge in [0, 0.05) is 11.1 Å². The van der Waals surface area contributed by atoms with Gasteiger partial charge in [0.1, 0.15) is 0 Å². The zero-order chi connectivity index (χ0) is 24.2. The van der Waals surface area contributed by atoms with E-state index in [1.807, 2.05) is 19.1 Å². The van der Waals surface area contributed by atoms with E-state index in [1.54, 1.807) is 12.1 Å². The molecule has 176 valence electrons. The van der Waals surface area contributed by atoms with Crippen LogP contribution in [0.15, 0.2) is 59.5 Å². The molecule has 0 aromatic heterocycles. The Kier molecular flexibility index (Phi) is 8.16. The van der Waals surface area contributed by atoms with Crippen LogP contribution in [-0.2, 0) is 21.2 Å². The van der Waals surface area contributed by atoms with Crippen LogP contribution in [0.5, 0.6) is 0 Å². The van der Waals surface area contributed by atoms with Crippen molar-refractivity contribution in [2.75, 3.05) is 7.11 Å². The van der Waals surface area contributed by atoms with Crippen LogP contribution in [0.25, 0.3) is 11.1 Å². The number of hydrogen-bond donors (Lipinski definition) is 1. The molecule has 7 heteroatoms. The van der Waals surface area contributed by atoms with Crippen molar-refractivity contribution in [3.8, 4) is 11.1 Å². The molecule has 33 heavy (non-hydrogen) atoms. The number of carbonyl (C=O) groups is 1. The van der Waals surface area contributed by atoms with Crippen LogP contribution < -0.4 is 4.72 Å². The Labute approximate surface area is 201 Å². The van der Waals surface area contributed by atoms with E-state index in [0.29, 0.717) is 22.9 Å². The minimum Gasteiger partial charge on any atom is -0.465 e. The number of ether oxygens (including phenoxy) is 1. The van der Waals surface area contributed by atoms with Gasteiger partial charge in [0.25, 0.3) is 0 Å². The molecule has 5 nitrogen and oxygen atoms in total. The number of carbonyl (C=O) groups excluding carboxylic acids is 1. The standard InChI is InChI=1S/C26H30ClNO4S/c1-17(2)19-8-14-23-20(16-25(26(29)32-4)24(23)15-9-19)7-5-6-18(3)28-33(30,31)22-12-10-21(27)11-13-22/h8-18,28H,5-7H2,1-4H3. The van der Waals surface area contributed by atoms with E-state index in [9.17, 15) is 13.2 Å². The third-order valence-corrected chi connectivity index (χ3v) is 7.62. The largest absolute Gasteiger partial charge is 0.465 e. The van der Waals surface area contributed by atoms with Gasteiger partial charge in [-0.3, -0.25) is 0 Å². The number of hydrogen-bond acceptors (Lipinski definition) is 4. The summed E-state index contributed by atoms with van der Waals surface area (Å²) in [6.45, 7) is 6.12. The number of esters is 1. The number of sulfonamides is 1. The Morgan fingerprint density at radius 3 is 2.24 bits per heavy atom. The molecule has 2 aliphatic rings. The van der Waals surface area contributed by atoms with Gasteiger partial charge in [0.2, 0.25) is 10.0 Å². The van der Waals surface area contributed by atoms with Gasteiger partial charge in [-0.15, -0.1) is 0 Å². The van der Waals surface area contributed by atoms with Crippen LogP contribution in [0.1, 0.15) is 61.0 Å². The highest BCUT2D eigenvalue weighted by Gasteiger charge is 2.21. The van der Waals surface area contributed by atoms with Gasteiger partial charge in [-0.1, -0.05) is 49.7 Å². The molecule has 1 aromatic rings. The predicted octanol–water partition coefficient (Wildman–Crippen LogP) is 6.04. The highest BCUT2D eigenvalue weighted by molar-refractivity contribution is 7.89. The number of nitrogens with one attached hydrogen (secondary N) is 1. The normalized spacial score (nSPS) is 12.8. The third kappa shape index (κ3) is 6.14. The van der Waals surface area contributed by atoms with Crippen molar-refractivity contribution in [1.82, 2.24) is 4.72 Å². The summed E-state index contributed by atoms with van der Waals surface area (Å²) < 4.78 is 32.9. The highest BCUT2D eigenvalue weighted by Crippen LogP contribution is 2.34. The van der Waals surface area contributed by atoms with E-state index in [1.165, 1.54) is 24.8 Å². The molecule has 1 atom stereocenters. The lowest BCUT2D eigenvalue weighted by Crippen LogP contribution is -2.32. The van der Waals surface area contributed by atoms with Gasteiger partial charge in [-0.25, -0.2) is 17.9 Å². The first-order valence-electron chi connectivity index (χ1n) is 11.0. The Morgan fingerprint density at radius 1 is 1.00 bits per heavy atom. The minimum absolute atomic E-state index is 0.192. The second-order valence-corrected chi connectivity index (χ2v) is 10.7. The second-order valence-electron chi connectivity index (χ2n) is 8.59. The third-order valence-electron chi connectivity index (χ3n) is 5.77. The Morgan fingerprint density at radius 2 is 1.64 bits per heavy atom. The molecule has 0 heterocycles. The van der Waals surface area contributed by atoms with E-state index >= 15 is 0 Å². The minimum atomic E-state index is -3.61. The topological polar surface area (TPSA) is 72.5 Å². The monoisotopic (exact) mass is 487 g/mol. The Bertz CT molecular complexity index is 1190. The van der Waals surface area contributed by atoms with E-state index in [0.717, 1.165) is 29.5 Å². The molecule has 0 radical (unpaired) electrons. The van der Waals surface area contributed by atoms with E-state index in [-0.39, 0.29) is 16.9 Å². The molecule has 0 fully saturated rings. The second kappa shape index (κ2) is 10.7. The van der Waals surface area contributed by atoms with Gasteiger partial charge >= 0.3 is 5.97 Å². The maximum atomic E-state index is 12.6. The Hall–Kier alpha value is -2.41. The number of methoxy groups -OCH3 is 1. The number of rotatable bonds is 9. The van der Waals surface area contributed by atoms with Crippen molar-refractivity contribution in [3.63, 3.8) is 0 Å². The quantitative estimate of drug-likeness (QED) is 0.373. The molecule has 3 rings (SSSR count). The highest BCUT2D eigenvalue weighted by atomic mass is 35.5. The van der Waals surface area contributed by atoms with Crippen molar-refractivity contribution in [1.29, 1.82) is 0 Å². The number of benzene rings is 1. The van der Waals surface area contributed by atoms with Gasteiger partial charge in [-0.2, -0.15) is 0 Å². The summed E-state index contributed by atoms with van der Waals surface area (Å²) in [6, 6.07) is 16.0. The van der Waals surface area contributed by atoms with Crippen LogP contribution >= 0.6 is 11.6 Å². The summed E-state index contributed by atoms with van der Waals surface area (Å²) in [5.41, 5.74) is 4.71. The number of aryl methyl sites for hydroxylation is 1. The molecular formula is C26H30ClNO4S. The van der Waals surface area contributed by atoms with Gasteiger partial charge in [-0.05, 0) is 84.7 Å². The molecule has 1 aromatic carbocycles. The summed E-state index contributed by atoms with van der Waals surface area (Å²) >= 11 is 5.85. The maximum Gasteiger partial charge on any atom is 0.338 e. The van der Waals surface area contributed by atoms with E-state index < -0.39 is 10.0 Å². The fourth-order valence-electron chi connectivity index (χ4n) is 3.91.